The van der Waals surface area contributed by atoms with E-state index in [1.54, 1.807) is 18.2 Å². The molecule has 0 radical (unpaired) electrons. The Morgan fingerprint density at radius 1 is 0.905 bits per heavy atom. The average molecular weight is 284 g/mol. The molecule has 0 fully saturated rings. The van der Waals surface area contributed by atoms with Gasteiger partial charge in [-0.3, -0.25) is 0 Å². The Labute approximate surface area is 122 Å². The second kappa shape index (κ2) is 5.75. The van der Waals surface area contributed by atoms with Crippen molar-refractivity contribution in [3.8, 4) is 11.5 Å². The average Bonchev–Trinajstić information content (AvgIpc) is 2.49. The van der Waals surface area contributed by atoms with Crippen molar-refractivity contribution in [2.24, 2.45) is 0 Å². The van der Waals surface area contributed by atoms with Gasteiger partial charge < -0.3 is 20.1 Å². The quantitative estimate of drug-likeness (QED) is 0.888. The third-order valence-electron chi connectivity index (χ3n) is 3.11. The van der Waals surface area contributed by atoms with E-state index >= 15 is 0 Å². The third-order valence-corrected chi connectivity index (χ3v) is 3.11. The van der Waals surface area contributed by atoms with Crippen molar-refractivity contribution in [3.63, 3.8) is 0 Å². The number of nitrogens with one attached hydrogen (secondary N) is 2. The van der Waals surface area contributed by atoms with E-state index in [4.69, 9.17) is 9.47 Å². The SMILES string of the molecule is Cc1ccc(NC(=O)Nc2ccc3c(c2)OCCO3)cc1. The van der Waals surface area contributed by atoms with E-state index in [1.165, 1.54) is 0 Å². The number of anilines is 2. The molecule has 2 aromatic rings. The topological polar surface area (TPSA) is 59.6 Å². The van der Waals surface area contributed by atoms with Gasteiger partial charge in [0, 0.05) is 17.4 Å². The molecule has 0 saturated heterocycles. The number of hydrogen-bond acceptors (Lipinski definition) is 3. The van der Waals surface area contributed by atoms with Crippen LogP contribution in [0.25, 0.3) is 0 Å². The normalized spacial score (nSPS) is 12.6. The van der Waals surface area contributed by atoms with Gasteiger partial charge in [0.05, 0.1) is 0 Å². The lowest BCUT2D eigenvalue weighted by Crippen LogP contribution is -2.20. The van der Waals surface area contributed by atoms with E-state index in [9.17, 15) is 4.79 Å². The number of amides is 2. The van der Waals surface area contributed by atoms with Crippen LogP contribution in [0.3, 0.4) is 0 Å². The molecule has 1 heterocycles. The molecule has 0 unspecified atom stereocenters. The van der Waals surface area contributed by atoms with Gasteiger partial charge in [0.15, 0.2) is 11.5 Å². The van der Waals surface area contributed by atoms with E-state index in [0.29, 0.717) is 30.4 Å². The Morgan fingerprint density at radius 2 is 1.52 bits per heavy atom. The van der Waals surface area contributed by atoms with Crippen LogP contribution in [0.2, 0.25) is 0 Å². The number of ether oxygens (including phenoxy) is 2. The minimum Gasteiger partial charge on any atom is -0.486 e. The van der Waals surface area contributed by atoms with Crippen LogP contribution >= 0.6 is 0 Å². The van der Waals surface area contributed by atoms with Crippen molar-refractivity contribution in [1.29, 1.82) is 0 Å². The van der Waals surface area contributed by atoms with Crippen LogP contribution in [0, 0.1) is 6.92 Å². The lowest BCUT2D eigenvalue weighted by Gasteiger charge is -2.19. The third kappa shape index (κ3) is 3.25. The van der Waals surface area contributed by atoms with E-state index < -0.39 is 0 Å². The summed E-state index contributed by atoms with van der Waals surface area (Å²) in [6, 6.07) is 12.6. The van der Waals surface area contributed by atoms with Crippen molar-refractivity contribution >= 4 is 17.4 Å². The van der Waals surface area contributed by atoms with Gasteiger partial charge in [-0.15, -0.1) is 0 Å². The molecule has 0 saturated carbocycles. The Morgan fingerprint density at radius 3 is 2.29 bits per heavy atom. The van der Waals surface area contributed by atoms with Crippen LogP contribution in [-0.2, 0) is 0 Å². The largest absolute Gasteiger partial charge is 0.486 e. The molecule has 0 aliphatic carbocycles. The Hall–Kier alpha value is -2.69. The highest BCUT2D eigenvalue weighted by atomic mass is 16.6. The first-order valence-corrected chi connectivity index (χ1v) is 6.75. The molecule has 5 heteroatoms. The maximum atomic E-state index is 11.9. The molecule has 0 spiro atoms. The molecule has 0 bridgehead atoms. The smallest absolute Gasteiger partial charge is 0.323 e. The number of carbonyl (C=O) groups excluding carboxylic acids is 1. The van der Waals surface area contributed by atoms with Crippen LogP contribution in [0.5, 0.6) is 11.5 Å². The lowest BCUT2D eigenvalue weighted by molar-refractivity contribution is 0.171. The fourth-order valence-corrected chi connectivity index (χ4v) is 2.05. The van der Waals surface area contributed by atoms with Crippen molar-refractivity contribution in [2.75, 3.05) is 23.8 Å². The molecule has 0 aromatic heterocycles. The highest BCUT2D eigenvalue weighted by Gasteiger charge is 2.12. The summed E-state index contributed by atoms with van der Waals surface area (Å²) in [7, 11) is 0. The van der Waals surface area contributed by atoms with Gasteiger partial charge in [-0.2, -0.15) is 0 Å². The number of fused-ring (bicyclic) bond motifs is 1. The summed E-state index contributed by atoms with van der Waals surface area (Å²) in [5, 5.41) is 5.55. The van der Waals surface area contributed by atoms with Crippen LogP contribution in [-0.4, -0.2) is 19.2 Å². The number of carbonyl (C=O) groups is 1. The second-order valence-electron chi connectivity index (χ2n) is 4.80. The van der Waals surface area contributed by atoms with Crippen LogP contribution < -0.4 is 20.1 Å². The fraction of sp³-hybridized carbons (Fsp3) is 0.188. The number of hydrogen-bond donors (Lipinski definition) is 2. The van der Waals surface area contributed by atoms with Gasteiger partial charge in [-0.05, 0) is 31.2 Å². The van der Waals surface area contributed by atoms with Gasteiger partial charge in [0.1, 0.15) is 13.2 Å². The lowest BCUT2D eigenvalue weighted by atomic mass is 10.2. The van der Waals surface area contributed by atoms with E-state index in [2.05, 4.69) is 10.6 Å². The molecule has 2 amide bonds. The zero-order chi connectivity index (χ0) is 14.7. The number of urea groups is 1. The first-order chi connectivity index (χ1) is 10.2. The Balaban J connectivity index is 1.65. The summed E-state index contributed by atoms with van der Waals surface area (Å²) in [5.41, 5.74) is 2.55. The number of benzene rings is 2. The molecule has 2 N–H and O–H groups in total. The first kappa shape index (κ1) is 13.3. The van der Waals surface area contributed by atoms with Gasteiger partial charge in [0.2, 0.25) is 0 Å². The van der Waals surface area contributed by atoms with Gasteiger partial charge >= 0.3 is 6.03 Å². The highest BCUT2D eigenvalue weighted by molar-refractivity contribution is 5.99. The van der Waals surface area contributed by atoms with Crippen LogP contribution in [0.1, 0.15) is 5.56 Å². The second-order valence-corrected chi connectivity index (χ2v) is 4.80. The fourth-order valence-electron chi connectivity index (χ4n) is 2.05. The van der Waals surface area contributed by atoms with Gasteiger partial charge in [0.25, 0.3) is 0 Å². The monoisotopic (exact) mass is 284 g/mol. The van der Waals surface area contributed by atoms with Crippen molar-refractivity contribution in [3.05, 3.63) is 48.0 Å². The van der Waals surface area contributed by atoms with E-state index in [0.717, 1.165) is 11.3 Å². The summed E-state index contributed by atoms with van der Waals surface area (Å²) in [5.74, 6) is 1.35. The standard InChI is InChI=1S/C16H16N2O3/c1-11-2-4-12(5-3-11)17-16(19)18-13-6-7-14-15(10-13)21-9-8-20-14/h2-7,10H,8-9H2,1H3,(H2,17,18,19). The van der Waals surface area contributed by atoms with Crippen LogP contribution in [0.15, 0.2) is 42.5 Å². The molecular weight excluding hydrogens is 268 g/mol. The van der Waals surface area contributed by atoms with Crippen molar-refractivity contribution < 1.29 is 14.3 Å². The molecule has 1 aliphatic heterocycles. The Bertz CT molecular complexity index is 653. The van der Waals surface area contributed by atoms with Gasteiger partial charge in [-0.1, -0.05) is 17.7 Å². The molecule has 1 aliphatic rings. The summed E-state index contributed by atoms with van der Waals surface area (Å²) < 4.78 is 10.9. The molecule has 5 nitrogen and oxygen atoms in total. The van der Waals surface area contributed by atoms with Crippen molar-refractivity contribution in [1.82, 2.24) is 0 Å². The molecular formula is C16H16N2O3. The summed E-state index contributed by atoms with van der Waals surface area (Å²) >= 11 is 0. The van der Waals surface area contributed by atoms with E-state index in [1.807, 2.05) is 31.2 Å². The summed E-state index contributed by atoms with van der Waals surface area (Å²) in [6.07, 6.45) is 0. The van der Waals surface area contributed by atoms with Crippen molar-refractivity contribution in [2.45, 2.75) is 6.92 Å². The predicted molar refractivity (Wildman–Crippen MR) is 81.3 cm³/mol. The number of rotatable bonds is 2. The minimum absolute atomic E-state index is 0.296. The molecule has 2 aromatic carbocycles. The maximum absolute atomic E-state index is 11.9. The summed E-state index contributed by atoms with van der Waals surface area (Å²) in [6.45, 7) is 3.07. The molecule has 21 heavy (non-hydrogen) atoms. The molecule has 3 rings (SSSR count). The highest BCUT2D eigenvalue weighted by Crippen LogP contribution is 2.32. The zero-order valence-corrected chi connectivity index (χ0v) is 11.7. The Kier molecular flexibility index (Phi) is 3.64. The summed E-state index contributed by atoms with van der Waals surface area (Å²) in [4.78, 5) is 11.9. The van der Waals surface area contributed by atoms with E-state index in [-0.39, 0.29) is 6.03 Å². The molecule has 0 atom stereocenters. The number of aryl methyl sites for hydroxylation is 1. The maximum Gasteiger partial charge on any atom is 0.323 e. The van der Waals surface area contributed by atoms with Crippen LogP contribution in [0.4, 0.5) is 16.2 Å². The van der Waals surface area contributed by atoms with Gasteiger partial charge in [-0.25, -0.2) is 4.79 Å². The predicted octanol–water partition coefficient (Wildman–Crippen LogP) is 3.41. The molecule has 108 valence electrons. The first-order valence-electron chi connectivity index (χ1n) is 6.75. The zero-order valence-electron chi connectivity index (χ0n) is 11.7. The minimum atomic E-state index is -0.296.